The number of nitrogens with one attached hydrogen (secondary N) is 1. The molecule has 0 aliphatic heterocycles. The summed E-state index contributed by atoms with van der Waals surface area (Å²) in [6.07, 6.45) is 0.909. The number of halogens is 2. The molecule has 1 N–H and O–H groups in total. The van der Waals surface area contributed by atoms with Gasteiger partial charge in [-0.05, 0) is 52.0 Å². The maximum Gasteiger partial charge on any atom is 0.0467 e. The molecule has 0 fully saturated rings. The van der Waals surface area contributed by atoms with Crippen molar-refractivity contribution in [3.05, 3.63) is 55.6 Å². The van der Waals surface area contributed by atoms with Gasteiger partial charge in [-0.3, -0.25) is 0 Å². The van der Waals surface area contributed by atoms with Gasteiger partial charge in [-0.15, -0.1) is 11.3 Å². The summed E-state index contributed by atoms with van der Waals surface area (Å²) < 4.78 is 1.17. The van der Waals surface area contributed by atoms with Gasteiger partial charge in [0.2, 0.25) is 0 Å². The first-order chi connectivity index (χ1) is 8.72. The second kappa shape index (κ2) is 6.71. The third-order valence-corrected chi connectivity index (χ3v) is 5.15. The summed E-state index contributed by atoms with van der Waals surface area (Å²) in [5.41, 5.74) is 1.19. The van der Waals surface area contributed by atoms with Gasteiger partial charge < -0.3 is 5.32 Å². The SMILES string of the molecule is CCNC(Cc1ccccc1Cl)c1sccc1Br. The van der Waals surface area contributed by atoms with E-state index in [0.29, 0.717) is 6.04 Å². The van der Waals surface area contributed by atoms with E-state index in [0.717, 1.165) is 18.0 Å². The standard InChI is InChI=1S/C14H15BrClNS/c1-2-17-13(14-11(15)7-8-18-14)9-10-5-3-4-6-12(10)16/h3-8,13,17H,2,9H2,1H3. The predicted molar refractivity (Wildman–Crippen MR) is 83.6 cm³/mol. The lowest BCUT2D eigenvalue weighted by Gasteiger charge is -2.18. The Balaban J connectivity index is 2.22. The lowest BCUT2D eigenvalue weighted by Crippen LogP contribution is -2.22. The van der Waals surface area contributed by atoms with E-state index in [1.807, 2.05) is 18.2 Å². The lowest BCUT2D eigenvalue weighted by atomic mass is 10.0. The van der Waals surface area contributed by atoms with E-state index in [1.54, 1.807) is 11.3 Å². The minimum atomic E-state index is 0.310. The Morgan fingerprint density at radius 3 is 2.72 bits per heavy atom. The molecule has 1 aromatic carbocycles. The van der Waals surface area contributed by atoms with Gasteiger partial charge >= 0.3 is 0 Å². The summed E-state index contributed by atoms with van der Waals surface area (Å²) in [7, 11) is 0. The third kappa shape index (κ3) is 3.35. The van der Waals surface area contributed by atoms with Gasteiger partial charge in [0.05, 0.1) is 0 Å². The first-order valence-corrected chi connectivity index (χ1v) is 7.97. The molecule has 1 unspecified atom stereocenters. The monoisotopic (exact) mass is 343 g/mol. The Morgan fingerprint density at radius 1 is 1.33 bits per heavy atom. The highest BCUT2D eigenvalue weighted by molar-refractivity contribution is 9.10. The first-order valence-electron chi connectivity index (χ1n) is 5.92. The zero-order valence-electron chi connectivity index (χ0n) is 10.1. The average molecular weight is 345 g/mol. The fourth-order valence-electron chi connectivity index (χ4n) is 1.94. The number of likely N-dealkylation sites (N-methyl/N-ethyl adjacent to an activating group) is 1. The van der Waals surface area contributed by atoms with Crippen molar-refractivity contribution in [1.29, 1.82) is 0 Å². The fourth-order valence-corrected chi connectivity index (χ4v) is 3.88. The van der Waals surface area contributed by atoms with Crippen molar-refractivity contribution in [3.63, 3.8) is 0 Å². The van der Waals surface area contributed by atoms with Gasteiger partial charge in [-0.25, -0.2) is 0 Å². The van der Waals surface area contributed by atoms with Crippen LogP contribution in [0.5, 0.6) is 0 Å². The molecule has 0 saturated heterocycles. The first kappa shape index (κ1) is 14.1. The van der Waals surface area contributed by atoms with Crippen LogP contribution in [0.3, 0.4) is 0 Å². The normalized spacial score (nSPS) is 12.6. The molecular weight excluding hydrogens is 330 g/mol. The molecule has 1 atom stereocenters. The minimum absolute atomic E-state index is 0.310. The maximum atomic E-state index is 6.23. The second-order valence-corrected chi connectivity index (χ2v) is 6.25. The van der Waals surface area contributed by atoms with Crippen LogP contribution in [-0.2, 0) is 6.42 Å². The largest absolute Gasteiger partial charge is 0.309 e. The number of thiophene rings is 1. The second-order valence-electron chi connectivity index (χ2n) is 4.04. The van der Waals surface area contributed by atoms with Gasteiger partial charge in [0.1, 0.15) is 0 Å². The summed E-state index contributed by atoms with van der Waals surface area (Å²) in [5, 5.41) is 6.47. The van der Waals surface area contributed by atoms with E-state index in [9.17, 15) is 0 Å². The molecule has 0 amide bonds. The highest BCUT2D eigenvalue weighted by atomic mass is 79.9. The molecule has 1 nitrogen and oxygen atoms in total. The van der Waals surface area contributed by atoms with E-state index in [-0.39, 0.29) is 0 Å². The number of rotatable bonds is 5. The molecule has 0 radical (unpaired) electrons. The zero-order valence-corrected chi connectivity index (χ0v) is 13.3. The number of hydrogen-bond acceptors (Lipinski definition) is 2. The van der Waals surface area contributed by atoms with E-state index in [1.165, 1.54) is 14.9 Å². The molecule has 4 heteroatoms. The van der Waals surface area contributed by atoms with Crippen molar-refractivity contribution in [2.45, 2.75) is 19.4 Å². The fraction of sp³-hybridized carbons (Fsp3) is 0.286. The van der Waals surface area contributed by atoms with Crippen LogP contribution in [0.1, 0.15) is 23.4 Å². The zero-order chi connectivity index (χ0) is 13.0. The Labute approximate surface area is 125 Å². The van der Waals surface area contributed by atoms with Crippen LogP contribution < -0.4 is 5.32 Å². The molecule has 0 spiro atoms. The third-order valence-electron chi connectivity index (χ3n) is 2.79. The molecule has 2 aromatic rings. The van der Waals surface area contributed by atoms with Gasteiger partial charge in [0.25, 0.3) is 0 Å². The quantitative estimate of drug-likeness (QED) is 0.799. The van der Waals surface area contributed by atoms with E-state index < -0.39 is 0 Å². The van der Waals surface area contributed by atoms with Crippen LogP contribution in [0.4, 0.5) is 0 Å². The molecule has 0 aliphatic rings. The van der Waals surface area contributed by atoms with Crippen molar-refractivity contribution in [3.8, 4) is 0 Å². The molecular formula is C14H15BrClNS. The Hall–Kier alpha value is -0.350. The average Bonchev–Trinajstić information content (AvgIpc) is 2.78. The molecule has 2 rings (SSSR count). The summed E-state index contributed by atoms with van der Waals surface area (Å²) in [6, 6.07) is 10.4. The van der Waals surface area contributed by atoms with Crippen LogP contribution in [0.2, 0.25) is 5.02 Å². The number of benzene rings is 1. The lowest BCUT2D eigenvalue weighted by molar-refractivity contribution is 0.556. The van der Waals surface area contributed by atoms with Crippen LogP contribution >= 0.6 is 38.9 Å². The van der Waals surface area contributed by atoms with Crippen LogP contribution in [0.25, 0.3) is 0 Å². The molecule has 0 saturated carbocycles. The number of hydrogen-bond donors (Lipinski definition) is 1. The van der Waals surface area contributed by atoms with Crippen LogP contribution in [0.15, 0.2) is 40.2 Å². The highest BCUT2D eigenvalue weighted by Gasteiger charge is 2.16. The summed E-state index contributed by atoms with van der Waals surface area (Å²) in [4.78, 5) is 1.33. The Kier molecular flexibility index (Phi) is 5.25. The molecule has 0 bridgehead atoms. The molecule has 18 heavy (non-hydrogen) atoms. The minimum Gasteiger partial charge on any atom is -0.309 e. The molecule has 96 valence electrons. The van der Waals surface area contributed by atoms with Gasteiger partial charge in [-0.2, -0.15) is 0 Å². The molecule has 0 aliphatic carbocycles. The summed E-state index contributed by atoms with van der Waals surface area (Å²) in [5.74, 6) is 0. The van der Waals surface area contributed by atoms with Crippen molar-refractivity contribution in [2.75, 3.05) is 6.54 Å². The van der Waals surface area contributed by atoms with Gasteiger partial charge in [0.15, 0.2) is 0 Å². The van der Waals surface area contributed by atoms with E-state index in [4.69, 9.17) is 11.6 Å². The van der Waals surface area contributed by atoms with Gasteiger partial charge in [0, 0.05) is 20.4 Å². The maximum absolute atomic E-state index is 6.23. The topological polar surface area (TPSA) is 12.0 Å². The highest BCUT2D eigenvalue weighted by Crippen LogP contribution is 2.32. The Bertz CT molecular complexity index is 512. The van der Waals surface area contributed by atoms with E-state index in [2.05, 4.69) is 45.7 Å². The Morgan fingerprint density at radius 2 is 2.11 bits per heavy atom. The van der Waals surface area contributed by atoms with E-state index >= 15 is 0 Å². The van der Waals surface area contributed by atoms with Gasteiger partial charge in [-0.1, -0.05) is 36.7 Å². The van der Waals surface area contributed by atoms with Crippen molar-refractivity contribution >= 4 is 38.9 Å². The summed E-state index contributed by atoms with van der Waals surface area (Å²) in [6.45, 7) is 3.07. The summed E-state index contributed by atoms with van der Waals surface area (Å²) >= 11 is 11.6. The van der Waals surface area contributed by atoms with Crippen molar-refractivity contribution in [1.82, 2.24) is 5.32 Å². The predicted octanol–water partition coefficient (Wildman–Crippen LogP) is 5.06. The molecule has 1 heterocycles. The van der Waals surface area contributed by atoms with Crippen molar-refractivity contribution < 1.29 is 0 Å². The van der Waals surface area contributed by atoms with Crippen LogP contribution in [-0.4, -0.2) is 6.54 Å². The molecule has 1 aromatic heterocycles. The van der Waals surface area contributed by atoms with Crippen LogP contribution in [0, 0.1) is 0 Å². The van der Waals surface area contributed by atoms with Crippen molar-refractivity contribution in [2.24, 2.45) is 0 Å². The smallest absolute Gasteiger partial charge is 0.0467 e.